The summed E-state index contributed by atoms with van der Waals surface area (Å²) in [6.45, 7) is 0. The van der Waals surface area contributed by atoms with Crippen molar-refractivity contribution in [1.82, 2.24) is 0 Å². The Morgan fingerprint density at radius 1 is 1.11 bits per heavy atom. The predicted molar refractivity (Wildman–Crippen MR) is 113 cm³/mol. The fourth-order valence-electron chi connectivity index (χ4n) is 3.08. The second kappa shape index (κ2) is 9.68. The van der Waals surface area contributed by atoms with Crippen LogP contribution in [0.3, 0.4) is 0 Å². The van der Waals surface area contributed by atoms with Gasteiger partial charge in [0, 0.05) is 30.3 Å². The molecule has 0 radical (unpaired) electrons. The smallest absolute Gasteiger partial charge is 0.138 e. The number of nitriles is 1. The van der Waals surface area contributed by atoms with Gasteiger partial charge in [0.25, 0.3) is 0 Å². The lowest BCUT2D eigenvalue weighted by atomic mass is 9.86. The Balaban J connectivity index is 1.88. The number of hydrogen-bond acceptors (Lipinski definition) is 5. The third-order valence-corrected chi connectivity index (χ3v) is 7.18. The maximum absolute atomic E-state index is 12.8. The molecular formula is C22H21NO2S2. The van der Waals surface area contributed by atoms with Crippen LogP contribution in [0.25, 0.3) is 0 Å². The third-order valence-electron chi connectivity index (χ3n) is 4.43. The van der Waals surface area contributed by atoms with Gasteiger partial charge in [0.1, 0.15) is 11.5 Å². The van der Waals surface area contributed by atoms with Crippen LogP contribution in [0.5, 0.6) is 5.75 Å². The van der Waals surface area contributed by atoms with E-state index in [0.29, 0.717) is 18.4 Å². The molecule has 3 nitrogen and oxygen atoms in total. The number of allylic oxidation sites excluding steroid dienone is 1. The summed E-state index contributed by atoms with van der Waals surface area (Å²) in [6.07, 6.45) is 0.719. The number of nitrogens with zero attached hydrogens (tertiary/aromatic N) is 1. The monoisotopic (exact) mass is 395 g/mol. The number of Topliss-reactive ketones (excluding diaryl/α,β-unsaturated/α-hetero) is 1. The number of carbonyl (C=O) groups excluding carboxylic acids is 1. The molecule has 1 aliphatic rings. The lowest BCUT2D eigenvalue weighted by Gasteiger charge is -2.18. The highest BCUT2D eigenvalue weighted by Gasteiger charge is 2.26. The summed E-state index contributed by atoms with van der Waals surface area (Å²) in [5.41, 5.74) is 2.70. The van der Waals surface area contributed by atoms with Crippen molar-refractivity contribution in [2.45, 2.75) is 18.8 Å². The van der Waals surface area contributed by atoms with Crippen LogP contribution in [0.2, 0.25) is 0 Å². The number of hydrogen-bond donors (Lipinski definition) is 0. The standard InChI is InChI=1S/C22H21NO2S2/c1-25-19-9-7-17(8-10-19)20(21(15-23)22-26-11-12-27-22)14-18(24)13-16-5-3-2-4-6-16/h2-10,20H,11-14H2,1H3. The number of rotatable bonds is 7. The van der Waals surface area contributed by atoms with E-state index >= 15 is 0 Å². The topological polar surface area (TPSA) is 50.1 Å². The molecular weight excluding hydrogens is 374 g/mol. The first kappa shape index (κ1) is 19.6. The van der Waals surface area contributed by atoms with Gasteiger partial charge in [-0.2, -0.15) is 5.26 Å². The number of ketones is 1. The Bertz CT molecular complexity index is 846. The van der Waals surface area contributed by atoms with Gasteiger partial charge in [-0.05, 0) is 23.3 Å². The van der Waals surface area contributed by atoms with E-state index < -0.39 is 0 Å². The summed E-state index contributed by atoms with van der Waals surface area (Å²) in [7, 11) is 1.63. The van der Waals surface area contributed by atoms with Crippen LogP contribution < -0.4 is 4.74 Å². The predicted octanol–water partition coefficient (Wildman–Crippen LogP) is 5.20. The molecule has 0 aromatic heterocycles. The van der Waals surface area contributed by atoms with Crippen LogP contribution >= 0.6 is 23.5 Å². The van der Waals surface area contributed by atoms with Crippen molar-refractivity contribution in [3.63, 3.8) is 0 Å². The molecule has 1 saturated heterocycles. The van der Waals surface area contributed by atoms with E-state index in [1.54, 1.807) is 30.6 Å². The Morgan fingerprint density at radius 2 is 1.78 bits per heavy atom. The van der Waals surface area contributed by atoms with Crippen molar-refractivity contribution in [2.75, 3.05) is 18.6 Å². The lowest BCUT2D eigenvalue weighted by Crippen LogP contribution is -2.12. The second-order valence-corrected chi connectivity index (χ2v) is 8.71. The van der Waals surface area contributed by atoms with Crippen LogP contribution in [0.15, 0.2) is 64.4 Å². The molecule has 1 unspecified atom stereocenters. The Kier molecular flexibility index (Phi) is 7.03. The molecule has 0 amide bonds. The van der Waals surface area contributed by atoms with Crippen LogP contribution in [-0.2, 0) is 11.2 Å². The van der Waals surface area contributed by atoms with Crippen molar-refractivity contribution < 1.29 is 9.53 Å². The molecule has 1 atom stereocenters. The molecule has 1 aliphatic heterocycles. The van der Waals surface area contributed by atoms with Gasteiger partial charge >= 0.3 is 0 Å². The summed E-state index contributed by atoms with van der Waals surface area (Å²) in [4.78, 5) is 12.8. The Hall–Kier alpha value is -2.16. The number of benzene rings is 2. The number of thioether (sulfide) groups is 2. The van der Waals surface area contributed by atoms with Gasteiger partial charge in [-0.3, -0.25) is 4.79 Å². The maximum Gasteiger partial charge on any atom is 0.138 e. The molecule has 1 fully saturated rings. The molecule has 0 spiro atoms. The van der Waals surface area contributed by atoms with Crippen molar-refractivity contribution in [3.05, 3.63) is 75.5 Å². The van der Waals surface area contributed by atoms with Crippen LogP contribution in [0.1, 0.15) is 23.5 Å². The highest BCUT2D eigenvalue weighted by Crippen LogP contribution is 2.43. The maximum atomic E-state index is 12.8. The first-order chi connectivity index (χ1) is 13.2. The second-order valence-electron chi connectivity index (χ2n) is 6.24. The summed E-state index contributed by atoms with van der Waals surface area (Å²) in [5, 5.41) is 9.85. The molecule has 138 valence electrons. The molecule has 27 heavy (non-hydrogen) atoms. The molecule has 3 rings (SSSR count). The average Bonchev–Trinajstić information content (AvgIpc) is 3.23. The molecule has 0 saturated carbocycles. The Labute approximate surface area is 168 Å². The van der Waals surface area contributed by atoms with Crippen molar-refractivity contribution >= 4 is 29.3 Å². The van der Waals surface area contributed by atoms with Gasteiger partial charge in [-0.15, -0.1) is 23.5 Å². The van der Waals surface area contributed by atoms with Gasteiger partial charge in [0.2, 0.25) is 0 Å². The van der Waals surface area contributed by atoms with Crippen LogP contribution in [0, 0.1) is 11.3 Å². The van der Waals surface area contributed by atoms with Gasteiger partial charge in [-0.1, -0.05) is 42.5 Å². The molecule has 2 aromatic rings. The lowest BCUT2D eigenvalue weighted by molar-refractivity contribution is -0.118. The zero-order chi connectivity index (χ0) is 19.1. The molecule has 2 aromatic carbocycles. The van der Waals surface area contributed by atoms with E-state index in [4.69, 9.17) is 4.74 Å². The minimum Gasteiger partial charge on any atom is -0.497 e. The summed E-state index contributed by atoms with van der Waals surface area (Å²) >= 11 is 3.44. The van der Waals surface area contributed by atoms with E-state index in [9.17, 15) is 10.1 Å². The summed E-state index contributed by atoms with van der Waals surface area (Å²) in [6, 6.07) is 19.8. The largest absolute Gasteiger partial charge is 0.497 e. The van der Waals surface area contributed by atoms with Crippen molar-refractivity contribution in [2.24, 2.45) is 0 Å². The zero-order valence-electron chi connectivity index (χ0n) is 15.2. The molecule has 5 heteroatoms. The zero-order valence-corrected chi connectivity index (χ0v) is 16.8. The summed E-state index contributed by atoms with van der Waals surface area (Å²) < 4.78 is 6.30. The Morgan fingerprint density at radius 3 is 2.37 bits per heavy atom. The minimum absolute atomic E-state index is 0.142. The van der Waals surface area contributed by atoms with Crippen molar-refractivity contribution in [3.8, 4) is 11.8 Å². The van der Waals surface area contributed by atoms with E-state index in [2.05, 4.69) is 6.07 Å². The fraction of sp³-hybridized carbons (Fsp3) is 0.273. The normalized spacial score (nSPS) is 14.4. The quantitative estimate of drug-likeness (QED) is 0.604. The highest BCUT2D eigenvalue weighted by atomic mass is 32.2. The first-order valence-corrected chi connectivity index (χ1v) is 10.8. The average molecular weight is 396 g/mol. The number of methoxy groups -OCH3 is 1. The minimum atomic E-state index is -0.217. The van der Waals surface area contributed by atoms with E-state index in [-0.39, 0.29) is 11.7 Å². The first-order valence-electron chi connectivity index (χ1n) is 8.80. The SMILES string of the molecule is COc1ccc(C(CC(=O)Cc2ccccc2)C(C#N)=C2SCCS2)cc1. The van der Waals surface area contributed by atoms with Gasteiger partial charge < -0.3 is 4.74 Å². The van der Waals surface area contributed by atoms with Gasteiger partial charge in [-0.25, -0.2) is 0 Å². The van der Waals surface area contributed by atoms with Crippen LogP contribution in [-0.4, -0.2) is 24.4 Å². The van der Waals surface area contributed by atoms with E-state index in [1.807, 2.05) is 54.6 Å². The van der Waals surface area contributed by atoms with Gasteiger partial charge in [0.05, 0.1) is 23.0 Å². The summed E-state index contributed by atoms with van der Waals surface area (Å²) in [5.74, 6) is 2.72. The molecule has 0 bridgehead atoms. The number of ether oxygens (including phenoxy) is 1. The van der Waals surface area contributed by atoms with Gasteiger partial charge in [0.15, 0.2) is 0 Å². The number of carbonyl (C=O) groups is 1. The highest BCUT2D eigenvalue weighted by molar-refractivity contribution is 8.25. The third kappa shape index (κ3) is 5.18. The molecule has 0 N–H and O–H groups in total. The fourth-order valence-corrected chi connectivity index (χ4v) is 5.64. The van der Waals surface area contributed by atoms with E-state index in [1.165, 1.54) is 0 Å². The van der Waals surface area contributed by atoms with Crippen LogP contribution in [0.4, 0.5) is 0 Å². The van der Waals surface area contributed by atoms with E-state index in [0.717, 1.165) is 32.6 Å². The molecule has 1 heterocycles. The molecule has 0 aliphatic carbocycles. The van der Waals surface area contributed by atoms with Crippen molar-refractivity contribution in [1.29, 1.82) is 5.26 Å².